The van der Waals surface area contributed by atoms with Crippen molar-refractivity contribution in [2.75, 3.05) is 25.1 Å². The van der Waals surface area contributed by atoms with Gasteiger partial charge in [0.1, 0.15) is 19.0 Å². The summed E-state index contributed by atoms with van der Waals surface area (Å²) in [6.07, 6.45) is -4.50. The van der Waals surface area contributed by atoms with Crippen LogP contribution in [-0.4, -0.2) is 43.0 Å². The van der Waals surface area contributed by atoms with Gasteiger partial charge in [-0.15, -0.1) is 0 Å². The molecule has 0 heterocycles. The van der Waals surface area contributed by atoms with E-state index in [1.165, 1.54) is 12.1 Å². The first-order valence-corrected chi connectivity index (χ1v) is 7.07. The third-order valence-corrected chi connectivity index (χ3v) is 3.01. The summed E-state index contributed by atoms with van der Waals surface area (Å²) in [7, 11) is 0. The highest BCUT2D eigenvalue weighted by molar-refractivity contribution is 6.04. The summed E-state index contributed by atoms with van der Waals surface area (Å²) in [5.74, 6) is -1.57. The summed E-state index contributed by atoms with van der Waals surface area (Å²) < 4.78 is 45.5. The molecule has 1 amide bonds. The Morgan fingerprint density at radius 1 is 1.04 bits per heavy atom. The van der Waals surface area contributed by atoms with Gasteiger partial charge < -0.3 is 19.9 Å². The molecule has 2 aromatic carbocycles. The number of ether oxygens (including phenoxy) is 2. The standard InChI is InChI=1S/C16H14F3NO5/c17-16(18,19)9-24-7-14(21)20-12-5-6-13(25-8-15(22)23)11-4-2-1-3-10(11)12/h1-6H,7-9H2,(H,20,21)(H,22,23). The van der Waals surface area contributed by atoms with Crippen molar-refractivity contribution in [1.82, 2.24) is 0 Å². The van der Waals surface area contributed by atoms with Gasteiger partial charge in [0.2, 0.25) is 5.91 Å². The van der Waals surface area contributed by atoms with Crippen LogP contribution >= 0.6 is 0 Å². The fraction of sp³-hybridized carbons (Fsp3) is 0.250. The number of rotatable bonds is 7. The van der Waals surface area contributed by atoms with E-state index in [2.05, 4.69) is 10.1 Å². The van der Waals surface area contributed by atoms with Gasteiger partial charge in [0.25, 0.3) is 0 Å². The summed E-state index contributed by atoms with van der Waals surface area (Å²) in [6, 6.07) is 9.67. The Morgan fingerprint density at radius 2 is 1.72 bits per heavy atom. The third-order valence-electron chi connectivity index (χ3n) is 3.01. The fourth-order valence-corrected chi connectivity index (χ4v) is 2.09. The predicted molar refractivity (Wildman–Crippen MR) is 82.6 cm³/mol. The molecule has 0 bridgehead atoms. The Labute approximate surface area is 140 Å². The third kappa shape index (κ3) is 5.64. The molecule has 0 aliphatic carbocycles. The average molecular weight is 357 g/mol. The Balaban J connectivity index is 2.12. The first kappa shape index (κ1) is 18.5. The first-order valence-electron chi connectivity index (χ1n) is 7.07. The Morgan fingerprint density at radius 3 is 2.36 bits per heavy atom. The molecule has 2 N–H and O–H groups in total. The van der Waals surface area contributed by atoms with Gasteiger partial charge in [-0.1, -0.05) is 24.3 Å². The number of amides is 1. The van der Waals surface area contributed by atoms with E-state index in [4.69, 9.17) is 9.84 Å². The van der Waals surface area contributed by atoms with E-state index < -0.39 is 37.9 Å². The van der Waals surface area contributed by atoms with E-state index in [1.807, 2.05) is 0 Å². The molecule has 134 valence electrons. The number of carbonyl (C=O) groups is 2. The van der Waals surface area contributed by atoms with Crippen molar-refractivity contribution in [3.8, 4) is 5.75 Å². The van der Waals surface area contributed by atoms with Crippen molar-refractivity contribution < 1.29 is 37.3 Å². The summed E-state index contributed by atoms with van der Waals surface area (Å²) >= 11 is 0. The number of hydrogen-bond acceptors (Lipinski definition) is 4. The zero-order valence-electron chi connectivity index (χ0n) is 12.8. The fourth-order valence-electron chi connectivity index (χ4n) is 2.09. The highest BCUT2D eigenvalue weighted by Gasteiger charge is 2.27. The van der Waals surface area contributed by atoms with Crippen LogP contribution in [0.5, 0.6) is 5.75 Å². The quantitative estimate of drug-likeness (QED) is 0.796. The number of carbonyl (C=O) groups excluding carboxylic acids is 1. The molecule has 0 saturated heterocycles. The molecule has 2 aromatic rings. The van der Waals surface area contributed by atoms with Crippen molar-refractivity contribution in [1.29, 1.82) is 0 Å². The zero-order chi connectivity index (χ0) is 18.4. The predicted octanol–water partition coefficient (Wildman–Crippen LogP) is 2.82. The highest BCUT2D eigenvalue weighted by Crippen LogP contribution is 2.31. The molecule has 0 atom stereocenters. The summed E-state index contributed by atoms with van der Waals surface area (Å²) in [4.78, 5) is 22.3. The maximum atomic E-state index is 12.0. The summed E-state index contributed by atoms with van der Waals surface area (Å²) in [5.41, 5.74) is 0.346. The molecule has 0 spiro atoms. The Bertz CT molecular complexity index is 776. The largest absolute Gasteiger partial charge is 0.481 e. The lowest BCUT2D eigenvalue weighted by molar-refractivity contribution is -0.174. The molecule has 0 aliphatic rings. The van der Waals surface area contributed by atoms with Gasteiger partial charge in [0, 0.05) is 16.5 Å². The van der Waals surface area contributed by atoms with Crippen LogP contribution in [0.2, 0.25) is 0 Å². The van der Waals surface area contributed by atoms with Crippen LogP contribution in [0.3, 0.4) is 0 Å². The minimum absolute atomic E-state index is 0.310. The second kappa shape index (κ2) is 7.84. The smallest absolute Gasteiger partial charge is 0.411 e. The van der Waals surface area contributed by atoms with Crippen LogP contribution in [0.1, 0.15) is 0 Å². The average Bonchev–Trinajstić information content (AvgIpc) is 2.52. The monoisotopic (exact) mass is 357 g/mol. The number of hydrogen-bond donors (Lipinski definition) is 2. The molecule has 9 heteroatoms. The van der Waals surface area contributed by atoms with E-state index in [1.54, 1.807) is 24.3 Å². The lowest BCUT2D eigenvalue weighted by Crippen LogP contribution is -2.24. The SMILES string of the molecule is O=C(O)COc1ccc(NC(=O)COCC(F)(F)F)c2ccccc12. The van der Waals surface area contributed by atoms with Crippen molar-refractivity contribution in [3.63, 3.8) is 0 Å². The zero-order valence-corrected chi connectivity index (χ0v) is 12.8. The number of alkyl halides is 3. The van der Waals surface area contributed by atoms with E-state index in [-0.39, 0.29) is 0 Å². The second-order valence-corrected chi connectivity index (χ2v) is 5.00. The van der Waals surface area contributed by atoms with Gasteiger partial charge in [0.15, 0.2) is 6.61 Å². The van der Waals surface area contributed by atoms with E-state index in [0.29, 0.717) is 22.2 Å². The Kier molecular flexibility index (Phi) is 5.81. The van der Waals surface area contributed by atoms with Crippen LogP contribution < -0.4 is 10.1 Å². The summed E-state index contributed by atoms with van der Waals surface area (Å²) in [6.45, 7) is -2.78. The molecular weight excluding hydrogens is 343 g/mol. The number of carboxylic acid groups (broad SMARTS) is 1. The number of fused-ring (bicyclic) bond motifs is 1. The number of nitrogens with one attached hydrogen (secondary N) is 1. The van der Waals surface area contributed by atoms with Gasteiger partial charge in [0.05, 0.1) is 0 Å². The number of anilines is 1. The molecule has 0 aliphatic heterocycles. The number of aliphatic carboxylic acids is 1. The maximum absolute atomic E-state index is 12.0. The summed E-state index contributed by atoms with van der Waals surface area (Å²) in [5, 5.41) is 12.2. The molecule has 0 saturated carbocycles. The molecule has 0 radical (unpaired) electrons. The topological polar surface area (TPSA) is 84.9 Å². The molecule has 2 rings (SSSR count). The van der Waals surface area contributed by atoms with Gasteiger partial charge in [-0.05, 0) is 12.1 Å². The molecule has 6 nitrogen and oxygen atoms in total. The van der Waals surface area contributed by atoms with E-state index in [9.17, 15) is 22.8 Å². The van der Waals surface area contributed by atoms with Gasteiger partial charge in [-0.2, -0.15) is 13.2 Å². The molecular formula is C16H14F3NO5. The van der Waals surface area contributed by atoms with Crippen LogP contribution in [0, 0.1) is 0 Å². The van der Waals surface area contributed by atoms with Crippen LogP contribution in [-0.2, 0) is 14.3 Å². The minimum atomic E-state index is -4.50. The first-order chi connectivity index (χ1) is 11.8. The van der Waals surface area contributed by atoms with Gasteiger partial charge in [-0.25, -0.2) is 4.79 Å². The minimum Gasteiger partial charge on any atom is -0.481 e. The molecule has 0 fully saturated rings. The van der Waals surface area contributed by atoms with Gasteiger partial charge >= 0.3 is 12.1 Å². The second-order valence-electron chi connectivity index (χ2n) is 5.00. The van der Waals surface area contributed by atoms with E-state index in [0.717, 1.165) is 0 Å². The molecule has 0 unspecified atom stereocenters. The van der Waals surface area contributed by atoms with Crippen LogP contribution in [0.15, 0.2) is 36.4 Å². The maximum Gasteiger partial charge on any atom is 0.411 e. The number of benzene rings is 2. The highest BCUT2D eigenvalue weighted by atomic mass is 19.4. The lowest BCUT2D eigenvalue weighted by Gasteiger charge is -2.13. The van der Waals surface area contributed by atoms with Gasteiger partial charge in [-0.3, -0.25) is 4.79 Å². The Hall–Kier alpha value is -2.81. The van der Waals surface area contributed by atoms with E-state index >= 15 is 0 Å². The van der Waals surface area contributed by atoms with Crippen molar-refractivity contribution in [2.24, 2.45) is 0 Å². The molecule has 25 heavy (non-hydrogen) atoms. The lowest BCUT2D eigenvalue weighted by atomic mass is 10.1. The molecule has 0 aromatic heterocycles. The number of halogens is 3. The van der Waals surface area contributed by atoms with Crippen molar-refractivity contribution >= 4 is 28.3 Å². The van der Waals surface area contributed by atoms with Crippen molar-refractivity contribution in [2.45, 2.75) is 6.18 Å². The number of carboxylic acids is 1. The van der Waals surface area contributed by atoms with Crippen molar-refractivity contribution in [3.05, 3.63) is 36.4 Å². The normalized spacial score (nSPS) is 11.3. The van der Waals surface area contributed by atoms with Crippen LogP contribution in [0.25, 0.3) is 10.8 Å². The van der Waals surface area contributed by atoms with Crippen LogP contribution in [0.4, 0.5) is 18.9 Å².